The summed E-state index contributed by atoms with van der Waals surface area (Å²) >= 11 is 0. The molecule has 0 radical (unpaired) electrons. The highest BCUT2D eigenvalue weighted by molar-refractivity contribution is 4.91. The van der Waals surface area contributed by atoms with Gasteiger partial charge in [0.2, 0.25) is 0 Å². The van der Waals surface area contributed by atoms with E-state index in [0.717, 1.165) is 32.6 Å². The Kier molecular flexibility index (Phi) is 4.68. The lowest BCUT2D eigenvalue weighted by Crippen LogP contribution is -2.58. The van der Waals surface area contributed by atoms with E-state index in [9.17, 15) is 5.11 Å². The first-order valence-electron chi connectivity index (χ1n) is 7.65. The van der Waals surface area contributed by atoms with E-state index < -0.39 is 0 Å². The molecule has 0 aromatic rings. The van der Waals surface area contributed by atoms with Gasteiger partial charge in [0.25, 0.3) is 0 Å². The van der Waals surface area contributed by atoms with Crippen LogP contribution in [0.4, 0.5) is 0 Å². The van der Waals surface area contributed by atoms with Gasteiger partial charge in [-0.05, 0) is 38.5 Å². The number of nitrogens with zero attached hydrogens (tertiary/aromatic N) is 2. The quantitative estimate of drug-likeness (QED) is 0.814. The maximum absolute atomic E-state index is 10.4. The number of aliphatic hydroxyl groups excluding tert-OH is 1. The van der Waals surface area contributed by atoms with Gasteiger partial charge in [-0.15, -0.1) is 0 Å². The van der Waals surface area contributed by atoms with Gasteiger partial charge in [-0.25, -0.2) is 0 Å². The second-order valence-corrected chi connectivity index (χ2v) is 6.78. The van der Waals surface area contributed by atoms with Gasteiger partial charge in [0.05, 0.1) is 6.10 Å². The van der Waals surface area contributed by atoms with Gasteiger partial charge >= 0.3 is 0 Å². The zero-order valence-corrected chi connectivity index (χ0v) is 12.5. The van der Waals surface area contributed by atoms with E-state index in [4.69, 9.17) is 0 Å². The van der Waals surface area contributed by atoms with Gasteiger partial charge in [0, 0.05) is 38.3 Å². The van der Waals surface area contributed by atoms with Crippen LogP contribution in [0, 0.1) is 11.8 Å². The summed E-state index contributed by atoms with van der Waals surface area (Å²) in [7, 11) is 0. The highest BCUT2D eigenvalue weighted by Crippen LogP contribution is 2.32. The lowest BCUT2D eigenvalue weighted by atomic mass is 9.77. The second kappa shape index (κ2) is 5.89. The van der Waals surface area contributed by atoms with Crippen LogP contribution in [0.3, 0.4) is 0 Å². The van der Waals surface area contributed by atoms with Gasteiger partial charge in [-0.1, -0.05) is 13.8 Å². The minimum absolute atomic E-state index is 0.116. The van der Waals surface area contributed by atoms with Crippen molar-refractivity contribution in [2.45, 2.75) is 58.7 Å². The normalized spacial score (nSPS) is 40.3. The Bertz CT molecular complexity index is 249. The Hall–Kier alpha value is -0.120. The monoisotopic (exact) mass is 254 g/mol. The van der Waals surface area contributed by atoms with Crippen molar-refractivity contribution in [2.24, 2.45) is 11.8 Å². The van der Waals surface area contributed by atoms with Gasteiger partial charge in [-0.3, -0.25) is 9.80 Å². The zero-order chi connectivity index (χ0) is 13.3. The van der Waals surface area contributed by atoms with Crippen LogP contribution < -0.4 is 0 Å². The van der Waals surface area contributed by atoms with Crippen molar-refractivity contribution in [3.05, 3.63) is 0 Å². The van der Waals surface area contributed by atoms with Gasteiger partial charge < -0.3 is 5.11 Å². The molecule has 1 saturated carbocycles. The van der Waals surface area contributed by atoms with Crippen molar-refractivity contribution in [3.8, 4) is 0 Å². The van der Waals surface area contributed by atoms with E-state index in [1.807, 2.05) is 0 Å². The predicted octanol–water partition coefficient (Wildman–Crippen LogP) is 1.81. The first-order valence-corrected chi connectivity index (χ1v) is 7.65. The Labute approximate surface area is 112 Å². The fourth-order valence-electron chi connectivity index (χ4n) is 3.96. The van der Waals surface area contributed by atoms with E-state index in [1.165, 1.54) is 6.42 Å². The van der Waals surface area contributed by atoms with Crippen LogP contribution in [0.1, 0.15) is 40.5 Å². The molecule has 2 rings (SSSR count). The molecule has 1 saturated heterocycles. The lowest BCUT2D eigenvalue weighted by Gasteiger charge is -2.47. The third-order valence-electron chi connectivity index (χ3n) is 4.90. The first-order chi connectivity index (χ1) is 8.49. The molecule has 2 fully saturated rings. The van der Waals surface area contributed by atoms with Crippen LogP contribution in [-0.2, 0) is 0 Å². The number of rotatable bonds is 2. The molecule has 1 aliphatic carbocycles. The number of aliphatic hydroxyl groups is 1. The molecule has 1 N–H and O–H groups in total. The van der Waals surface area contributed by atoms with Crippen molar-refractivity contribution in [1.29, 1.82) is 0 Å². The van der Waals surface area contributed by atoms with Crippen LogP contribution in [0.15, 0.2) is 0 Å². The van der Waals surface area contributed by atoms with E-state index in [-0.39, 0.29) is 6.10 Å². The summed E-state index contributed by atoms with van der Waals surface area (Å²) in [6, 6.07) is 1.05. The van der Waals surface area contributed by atoms with Crippen molar-refractivity contribution in [1.82, 2.24) is 9.80 Å². The fourth-order valence-corrected chi connectivity index (χ4v) is 3.96. The Morgan fingerprint density at radius 3 is 2.11 bits per heavy atom. The van der Waals surface area contributed by atoms with Crippen LogP contribution in [0.25, 0.3) is 0 Å². The summed E-state index contributed by atoms with van der Waals surface area (Å²) in [6.45, 7) is 13.7. The van der Waals surface area contributed by atoms with E-state index >= 15 is 0 Å². The second-order valence-electron chi connectivity index (χ2n) is 6.78. The molecule has 0 bridgehead atoms. The predicted molar refractivity (Wildman–Crippen MR) is 75.6 cm³/mol. The Morgan fingerprint density at radius 1 is 1.00 bits per heavy atom. The number of piperazine rings is 1. The largest absolute Gasteiger partial charge is 0.391 e. The highest BCUT2D eigenvalue weighted by atomic mass is 16.3. The molecule has 2 aliphatic rings. The van der Waals surface area contributed by atoms with Crippen LogP contribution in [0.2, 0.25) is 0 Å². The van der Waals surface area contributed by atoms with Crippen LogP contribution >= 0.6 is 0 Å². The van der Waals surface area contributed by atoms with Crippen molar-refractivity contribution in [2.75, 3.05) is 26.2 Å². The molecule has 106 valence electrons. The maximum Gasteiger partial charge on any atom is 0.0700 e. The molecule has 0 amide bonds. The summed E-state index contributed by atoms with van der Waals surface area (Å²) in [5.74, 6) is 1.32. The molecule has 4 unspecified atom stereocenters. The highest BCUT2D eigenvalue weighted by Gasteiger charge is 2.37. The van der Waals surface area contributed by atoms with Crippen LogP contribution in [0.5, 0.6) is 0 Å². The molecule has 18 heavy (non-hydrogen) atoms. The molecule has 0 aromatic heterocycles. The van der Waals surface area contributed by atoms with E-state index in [2.05, 4.69) is 37.5 Å². The summed E-state index contributed by atoms with van der Waals surface area (Å²) in [4.78, 5) is 5.08. The first kappa shape index (κ1) is 14.3. The maximum atomic E-state index is 10.4. The molecule has 0 spiro atoms. The van der Waals surface area contributed by atoms with E-state index in [0.29, 0.717) is 23.9 Å². The molecule has 0 aromatic carbocycles. The SMILES string of the molecule is CC1CC(C)C(N2CCN(C(C)C)CC2)C(O)C1. The molecular formula is C15H30N2O. The number of hydrogen-bond donors (Lipinski definition) is 1. The minimum atomic E-state index is -0.116. The Balaban J connectivity index is 1.92. The summed E-state index contributed by atoms with van der Waals surface area (Å²) in [5, 5.41) is 10.4. The average molecular weight is 254 g/mol. The molecular weight excluding hydrogens is 224 g/mol. The molecule has 4 atom stereocenters. The third kappa shape index (κ3) is 3.06. The van der Waals surface area contributed by atoms with Crippen LogP contribution in [-0.4, -0.2) is 59.3 Å². The summed E-state index contributed by atoms with van der Waals surface area (Å²) in [5.41, 5.74) is 0. The summed E-state index contributed by atoms with van der Waals surface area (Å²) in [6.07, 6.45) is 2.14. The lowest BCUT2D eigenvalue weighted by molar-refractivity contribution is -0.0438. The zero-order valence-electron chi connectivity index (χ0n) is 12.5. The van der Waals surface area contributed by atoms with Crippen molar-refractivity contribution in [3.63, 3.8) is 0 Å². The van der Waals surface area contributed by atoms with Gasteiger partial charge in [0.1, 0.15) is 0 Å². The molecule has 1 aliphatic heterocycles. The van der Waals surface area contributed by atoms with Crippen molar-refractivity contribution < 1.29 is 5.11 Å². The Morgan fingerprint density at radius 2 is 1.61 bits per heavy atom. The molecule has 3 nitrogen and oxygen atoms in total. The third-order valence-corrected chi connectivity index (χ3v) is 4.90. The van der Waals surface area contributed by atoms with Gasteiger partial charge in [0.15, 0.2) is 0 Å². The van der Waals surface area contributed by atoms with Crippen molar-refractivity contribution >= 4 is 0 Å². The fraction of sp³-hybridized carbons (Fsp3) is 1.00. The molecule has 1 heterocycles. The number of hydrogen-bond acceptors (Lipinski definition) is 3. The minimum Gasteiger partial charge on any atom is -0.391 e. The standard InChI is InChI=1S/C15H30N2O/c1-11(2)16-5-7-17(8-6-16)15-13(4)9-12(3)10-14(15)18/h11-15,18H,5-10H2,1-4H3. The smallest absolute Gasteiger partial charge is 0.0700 e. The summed E-state index contributed by atoms with van der Waals surface area (Å²) < 4.78 is 0. The molecule has 3 heteroatoms. The van der Waals surface area contributed by atoms with Gasteiger partial charge in [-0.2, -0.15) is 0 Å². The topological polar surface area (TPSA) is 26.7 Å². The van der Waals surface area contributed by atoms with E-state index in [1.54, 1.807) is 0 Å². The average Bonchev–Trinajstić information content (AvgIpc) is 2.28.